The van der Waals surface area contributed by atoms with E-state index in [0.717, 1.165) is 10.4 Å². The Kier molecular flexibility index (Phi) is 4.88. The molecule has 0 aliphatic rings. The van der Waals surface area contributed by atoms with Crippen LogP contribution in [0.15, 0.2) is 47.4 Å². The Hall–Kier alpha value is -1.14. The first-order valence-electron chi connectivity index (χ1n) is 5.98. The fourth-order valence-corrected chi connectivity index (χ4v) is 3.74. The molecule has 0 aliphatic heterocycles. The van der Waals surface area contributed by atoms with Gasteiger partial charge >= 0.3 is 0 Å². The van der Waals surface area contributed by atoms with Crippen LogP contribution in [0, 0.1) is 5.82 Å². The lowest BCUT2D eigenvalue weighted by molar-refractivity contribution is 0.460. The fraction of sp³-hybridized carbons (Fsp3) is 0.143. The van der Waals surface area contributed by atoms with Crippen LogP contribution in [0.5, 0.6) is 0 Å². The first-order valence-corrected chi connectivity index (χ1v) is 8.17. The van der Waals surface area contributed by atoms with E-state index in [9.17, 15) is 12.8 Å². The van der Waals surface area contributed by atoms with E-state index in [1.807, 2.05) is 0 Å². The van der Waals surface area contributed by atoms with Gasteiger partial charge in [-0.1, -0.05) is 47.5 Å². The SMILES string of the molecule is CN(Cc1ccccc1Cl)S(=O)(=O)c1c(F)cccc1Cl. The lowest BCUT2D eigenvalue weighted by atomic mass is 10.2. The van der Waals surface area contributed by atoms with E-state index in [1.165, 1.54) is 19.2 Å². The highest BCUT2D eigenvalue weighted by Gasteiger charge is 2.27. The molecule has 0 amide bonds. The Balaban J connectivity index is 2.38. The minimum Gasteiger partial charge on any atom is -0.207 e. The van der Waals surface area contributed by atoms with Crippen molar-refractivity contribution in [2.75, 3.05) is 7.05 Å². The third kappa shape index (κ3) is 3.37. The molecule has 3 nitrogen and oxygen atoms in total. The average Bonchev–Trinajstić information content (AvgIpc) is 2.40. The molecule has 0 saturated heterocycles. The molecule has 0 atom stereocenters. The number of nitrogens with zero attached hydrogens (tertiary/aromatic N) is 1. The van der Waals surface area contributed by atoms with Crippen LogP contribution in [0.1, 0.15) is 5.56 Å². The van der Waals surface area contributed by atoms with Gasteiger partial charge in [0.15, 0.2) is 0 Å². The lowest BCUT2D eigenvalue weighted by Crippen LogP contribution is -2.27. The van der Waals surface area contributed by atoms with Crippen molar-refractivity contribution >= 4 is 33.2 Å². The van der Waals surface area contributed by atoms with Crippen LogP contribution in [0.4, 0.5) is 4.39 Å². The normalized spacial score (nSPS) is 11.9. The van der Waals surface area contributed by atoms with Gasteiger partial charge in [0.2, 0.25) is 10.0 Å². The first kappa shape index (κ1) is 16.2. The highest BCUT2D eigenvalue weighted by Crippen LogP contribution is 2.28. The minimum atomic E-state index is -4.05. The van der Waals surface area contributed by atoms with Gasteiger partial charge in [0.25, 0.3) is 0 Å². The Bertz CT molecular complexity index is 745. The van der Waals surface area contributed by atoms with Crippen molar-refractivity contribution < 1.29 is 12.8 Å². The molecule has 0 aliphatic carbocycles. The number of hydrogen-bond donors (Lipinski definition) is 0. The molecule has 0 fully saturated rings. The summed E-state index contributed by atoms with van der Waals surface area (Å²) in [5, 5.41) is 0.292. The summed E-state index contributed by atoms with van der Waals surface area (Å²) in [5.74, 6) is -0.881. The summed E-state index contributed by atoms with van der Waals surface area (Å²) in [5.41, 5.74) is 0.623. The van der Waals surface area contributed by atoms with Crippen LogP contribution < -0.4 is 0 Å². The molecule has 0 spiro atoms. The maximum absolute atomic E-state index is 13.8. The van der Waals surface area contributed by atoms with Gasteiger partial charge in [-0.25, -0.2) is 12.8 Å². The summed E-state index contributed by atoms with van der Waals surface area (Å²) in [7, 11) is -2.70. The molecule has 0 radical (unpaired) electrons. The summed E-state index contributed by atoms with van der Waals surface area (Å²) in [6.45, 7) is 0.0205. The molecule has 0 N–H and O–H groups in total. The van der Waals surface area contributed by atoms with Gasteiger partial charge in [0.1, 0.15) is 10.7 Å². The highest BCUT2D eigenvalue weighted by atomic mass is 35.5. The van der Waals surface area contributed by atoms with E-state index >= 15 is 0 Å². The summed E-state index contributed by atoms with van der Waals surface area (Å²) in [6.07, 6.45) is 0. The number of benzene rings is 2. The highest BCUT2D eigenvalue weighted by molar-refractivity contribution is 7.89. The Morgan fingerprint density at radius 3 is 2.29 bits per heavy atom. The molecule has 0 unspecified atom stereocenters. The van der Waals surface area contributed by atoms with Crippen LogP contribution in [0.3, 0.4) is 0 Å². The molecule has 0 saturated carbocycles. The van der Waals surface area contributed by atoms with Crippen LogP contribution in [-0.4, -0.2) is 19.8 Å². The van der Waals surface area contributed by atoms with E-state index in [1.54, 1.807) is 24.3 Å². The largest absolute Gasteiger partial charge is 0.247 e. The molecule has 7 heteroatoms. The van der Waals surface area contributed by atoms with Crippen molar-refractivity contribution in [3.63, 3.8) is 0 Å². The van der Waals surface area contributed by atoms with Crippen molar-refractivity contribution in [3.8, 4) is 0 Å². The van der Waals surface area contributed by atoms with Gasteiger partial charge < -0.3 is 0 Å². The predicted octanol–water partition coefficient (Wildman–Crippen LogP) is 3.95. The van der Waals surface area contributed by atoms with Crippen molar-refractivity contribution in [3.05, 3.63) is 63.9 Å². The third-order valence-electron chi connectivity index (χ3n) is 2.94. The Morgan fingerprint density at radius 2 is 1.67 bits per heavy atom. The summed E-state index contributed by atoms with van der Waals surface area (Å²) < 4.78 is 39.7. The van der Waals surface area contributed by atoms with E-state index < -0.39 is 20.7 Å². The molecule has 112 valence electrons. The number of sulfonamides is 1. The van der Waals surface area contributed by atoms with E-state index in [0.29, 0.717) is 10.6 Å². The van der Waals surface area contributed by atoms with E-state index in [2.05, 4.69) is 0 Å². The zero-order valence-electron chi connectivity index (χ0n) is 11.1. The van der Waals surface area contributed by atoms with Gasteiger partial charge in [-0.2, -0.15) is 4.31 Å². The molecule has 0 heterocycles. The molecular weight excluding hydrogens is 336 g/mol. The molecule has 2 aromatic rings. The fourth-order valence-electron chi connectivity index (χ4n) is 1.84. The molecular formula is C14H12Cl2FNO2S. The van der Waals surface area contributed by atoms with E-state index in [4.69, 9.17) is 23.2 Å². The maximum atomic E-state index is 13.8. The van der Waals surface area contributed by atoms with Gasteiger partial charge in [-0.05, 0) is 23.8 Å². The topological polar surface area (TPSA) is 37.4 Å². The van der Waals surface area contributed by atoms with E-state index in [-0.39, 0.29) is 11.6 Å². The number of halogens is 3. The molecule has 0 aromatic heterocycles. The van der Waals surface area contributed by atoms with Crippen molar-refractivity contribution in [2.45, 2.75) is 11.4 Å². The van der Waals surface area contributed by atoms with Crippen LogP contribution in [-0.2, 0) is 16.6 Å². The van der Waals surface area contributed by atoms with Gasteiger partial charge in [0, 0.05) is 18.6 Å². The van der Waals surface area contributed by atoms with Crippen molar-refractivity contribution in [1.29, 1.82) is 0 Å². The molecule has 2 aromatic carbocycles. The van der Waals surface area contributed by atoms with Crippen LogP contribution >= 0.6 is 23.2 Å². The molecule has 2 rings (SSSR count). The number of hydrogen-bond acceptors (Lipinski definition) is 2. The summed E-state index contributed by atoms with van der Waals surface area (Å²) >= 11 is 11.8. The Morgan fingerprint density at radius 1 is 1.05 bits per heavy atom. The molecule has 21 heavy (non-hydrogen) atoms. The van der Waals surface area contributed by atoms with Crippen LogP contribution in [0.25, 0.3) is 0 Å². The average molecular weight is 348 g/mol. The maximum Gasteiger partial charge on any atom is 0.247 e. The zero-order valence-corrected chi connectivity index (χ0v) is 13.4. The second-order valence-corrected chi connectivity index (χ2v) is 7.20. The summed E-state index contributed by atoms with van der Waals surface area (Å²) in [6, 6.07) is 10.6. The second kappa shape index (κ2) is 6.32. The minimum absolute atomic E-state index is 0.0205. The second-order valence-electron chi connectivity index (χ2n) is 4.40. The van der Waals surface area contributed by atoms with Crippen molar-refractivity contribution in [2.24, 2.45) is 0 Å². The molecule has 0 bridgehead atoms. The Labute approximate surface area is 133 Å². The monoisotopic (exact) mass is 347 g/mol. The zero-order chi connectivity index (χ0) is 15.6. The van der Waals surface area contributed by atoms with Gasteiger partial charge in [-0.15, -0.1) is 0 Å². The predicted molar refractivity (Wildman–Crippen MR) is 81.5 cm³/mol. The number of rotatable bonds is 4. The van der Waals surface area contributed by atoms with Crippen molar-refractivity contribution in [1.82, 2.24) is 4.31 Å². The first-order chi connectivity index (χ1) is 9.84. The standard InChI is InChI=1S/C14H12Cl2FNO2S/c1-18(9-10-5-2-3-6-11(10)15)21(19,20)14-12(16)7-4-8-13(14)17/h2-8H,9H2,1H3. The smallest absolute Gasteiger partial charge is 0.207 e. The third-order valence-corrected chi connectivity index (χ3v) is 5.61. The summed E-state index contributed by atoms with van der Waals surface area (Å²) in [4.78, 5) is -0.527. The van der Waals surface area contributed by atoms with Gasteiger partial charge in [-0.3, -0.25) is 0 Å². The van der Waals surface area contributed by atoms with Crippen LogP contribution in [0.2, 0.25) is 10.0 Å². The van der Waals surface area contributed by atoms with Gasteiger partial charge in [0.05, 0.1) is 5.02 Å². The quantitative estimate of drug-likeness (QED) is 0.839. The lowest BCUT2D eigenvalue weighted by Gasteiger charge is -2.19.